The van der Waals surface area contributed by atoms with Crippen LogP contribution >= 0.6 is 0 Å². The highest BCUT2D eigenvalue weighted by Crippen LogP contribution is 2.20. The Kier molecular flexibility index (Phi) is 3.90. The Morgan fingerprint density at radius 3 is 2.39 bits per heavy atom. The summed E-state index contributed by atoms with van der Waals surface area (Å²) in [5.41, 5.74) is 6.35. The summed E-state index contributed by atoms with van der Waals surface area (Å²) < 4.78 is 1.96. The molecule has 1 aromatic heterocycles. The minimum absolute atomic E-state index is 0.0468. The van der Waals surface area contributed by atoms with Gasteiger partial charge in [-0.25, -0.2) is 4.98 Å². The van der Waals surface area contributed by atoms with E-state index in [1.807, 2.05) is 42.7 Å². The van der Waals surface area contributed by atoms with E-state index in [1.54, 1.807) is 0 Å². The topological polar surface area (TPSA) is 46.9 Å². The number of hydrogen-bond acceptors (Lipinski definition) is 2. The summed E-state index contributed by atoms with van der Waals surface area (Å²) >= 11 is 0. The van der Waals surface area contributed by atoms with Gasteiger partial charge in [0.15, 0.2) is 0 Å². The fourth-order valence-electron chi connectivity index (χ4n) is 2.68. The van der Waals surface area contributed by atoms with Crippen LogP contribution in [0.4, 0.5) is 5.69 Å². The maximum atomic E-state index is 12.4. The predicted molar refractivity (Wildman–Crippen MR) is 93.8 cm³/mol. The smallest absolute Gasteiger partial charge is 0.244 e. The second-order valence-electron chi connectivity index (χ2n) is 6.08. The van der Waals surface area contributed by atoms with Gasteiger partial charge in [-0.15, -0.1) is 0 Å². The molecule has 1 heterocycles. The summed E-state index contributed by atoms with van der Waals surface area (Å²) in [5, 5.41) is 2.94. The number of rotatable bonds is 3. The van der Waals surface area contributed by atoms with Gasteiger partial charge in [-0.3, -0.25) is 4.79 Å². The Bertz CT molecular complexity index is 876. The molecule has 0 fully saturated rings. The van der Waals surface area contributed by atoms with Crippen LogP contribution in [-0.2, 0) is 11.3 Å². The van der Waals surface area contributed by atoms with Crippen molar-refractivity contribution in [1.82, 2.24) is 9.55 Å². The van der Waals surface area contributed by atoms with Gasteiger partial charge in [-0.1, -0.05) is 17.7 Å². The van der Waals surface area contributed by atoms with Gasteiger partial charge in [0.25, 0.3) is 0 Å². The molecule has 0 saturated heterocycles. The zero-order chi connectivity index (χ0) is 16.6. The van der Waals surface area contributed by atoms with Crippen LogP contribution in [0.25, 0.3) is 11.0 Å². The summed E-state index contributed by atoms with van der Waals surface area (Å²) in [5.74, 6) is 0.804. The Morgan fingerprint density at radius 1 is 1.04 bits per heavy atom. The number of anilines is 1. The summed E-state index contributed by atoms with van der Waals surface area (Å²) in [6, 6.07) is 12.0. The second-order valence-corrected chi connectivity index (χ2v) is 6.08. The van der Waals surface area contributed by atoms with Crippen molar-refractivity contribution in [1.29, 1.82) is 0 Å². The molecule has 0 aliphatic heterocycles. The largest absolute Gasteiger partial charge is 0.325 e. The molecular weight excluding hydrogens is 286 g/mol. The number of nitrogens with zero attached hydrogens (tertiary/aromatic N) is 2. The van der Waals surface area contributed by atoms with E-state index in [9.17, 15) is 4.79 Å². The van der Waals surface area contributed by atoms with Gasteiger partial charge >= 0.3 is 0 Å². The molecule has 3 aromatic rings. The van der Waals surface area contributed by atoms with Crippen LogP contribution in [0.15, 0.2) is 36.4 Å². The van der Waals surface area contributed by atoms with Crippen molar-refractivity contribution in [2.24, 2.45) is 0 Å². The first-order chi connectivity index (χ1) is 10.9. The van der Waals surface area contributed by atoms with Crippen LogP contribution in [-0.4, -0.2) is 15.5 Å². The lowest BCUT2D eigenvalue weighted by molar-refractivity contribution is -0.116. The van der Waals surface area contributed by atoms with E-state index in [0.29, 0.717) is 0 Å². The van der Waals surface area contributed by atoms with E-state index in [2.05, 4.69) is 36.3 Å². The Hall–Kier alpha value is -2.62. The summed E-state index contributed by atoms with van der Waals surface area (Å²) in [4.78, 5) is 16.9. The fourth-order valence-corrected chi connectivity index (χ4v) is 2.68. The first kappa shape index (κ1) is 15.3. The molecule has 0 aliphatic carbocycles. The molecule has 0 unspecified atom stereocenters. The number of nitrogens with one attached hydrogen (secondary N) is 1. The third-order valence-corrected chi connectivity index (χ3v) is 4.19. The molecule has 0 saturated carbocycles. The molecule has 0 bridgehead atoms. The van der Waals surface area contributed by atoms with E-state index in [-0.39, 0.29) is 12.5 Å². The molecule has 3 rings (SSSR count). The van der Waals surface area contributed by atoms with Crippen molar-refractivity contribution in [3.05, 3.63) is 58.9 Å². The van der Waals surface area contributed by atoms with Gasteiger partial charge in [0.2, 0.25) is 5.91 Å². The highest BCUT2D eigenvalue weighted by atomic mass is 16.1. The molecule has 118 valence electrons. The molecule has 4 nitrogen and oxygen atoms in total. The minimum Gasteiger partial charge on any atom is -0.325 e. The minimum atomic E-state index is -0.0468. The third kappa shape index (κ3) is 3.11. The number of imidazole rings is 1. The number of hydrogen-bond donors (Lipinski definition) is 1. The number of aromatic nitrogens is 2. The average molecular weight is 307 g/mol. The van der Waals surface area contributed by atoms with E-state index in [1.165, 1.54) is 16.7 Å². The zero-order valence-corrected chi connectivity index (χ0v) is 14.0. The van der Waals surface area contributed by atoms with Crippen LogP contribution in [0.3, 0.4) is 0 Å². The first-order valence-electron chi connectivity index (χ1n) is 7.74. The molecule has 0 spiro atoms. The molecule has 2 aromatic carbocycles. The number of aryl methyl sites for hydroxylation is 4. The van der Waals surface area contributed by atoms with E-state index in [4.69, 9.17) is 0 Å². The van der Waals surface area contributed by atoms with Crippen molar-refractivity contribution in [2.75, 3.05) is 5.32 Å². The normalized spacial score (nSPS) is 11.0. The van der Waals surface area contributed by atoms with E-state index in [0.717, 1.165) is 22.5 Å². The first-order valence-corrected chi connectivity index (χ1v) is 7.74. The third-order valence-electron chi connectivity index (χ3n) is 4.19. The Morgan fingerprint density at radius 2 is 1.70 bits per heavy atom. The van der Waals surface area contributed by atoms with Crippen molar-refractivity contribution in [3.63, 3.8) is 0 Å². The average Bonchev–Trinajstić information content (AvgIpc) is 2.78. The monoisotopic (exact) mass is 307 g/mol. The molecule has 0 radical (unpaired) electrons. The van der Waals surface area contributed by atoms with Gasteiger partial charge in [0.05, 0.1) is 11.0 Å². The lowest BCUT2D eigenvalue weighted by Gasteiger charge is -2.09. The highest BCUT2D eigenvalue weighted by Gasteiger charge is 2.12. The zero-order valence-electron chi connectivity index (χ0n) is 14.0. The Balaban J connectivity index is 1.86. The van der Waals surface area contributed by atoms with Gasteiger partial charge in [0.1, 0.15) is 12.4 Å². The number of amides is 1. The van der Waals surface area contributed by atoms with E-state index < -0.39 is 0 Å². The lowest BCUT2D eigenvalue weighted by Crippen LogP contribution is -2.19. The molecule has 0 atom stereocenters. The molecular formula is C19H21N3O. The second kappa shape index (κ2) is 5.88. The molecule has 4 heteroatoms. The number of benzene rings is 2. The molecule has 0 aliphatic rings. The SMILES string of the molecule is Cc1ccc(NC(=O)Cn2c(C)nc3cc(C)c(C)cc32)cc1. The maximum absolute atomic E-state index is 12.4. The summed E-state index contributed by atoms with van der Waals surface area (Å²) in [6.45, 7) is 8.38. The van der Waals surface area contributed by atoms with Crippen LogP contribution < -0.4 is 5.32 Å². The van der Waals surface area contributed by atoms with Crippen LogP contribution in [0.1, 0.15) is 22.5 Å². The van der Waals surface area contributed by atoms with Crippen molar-refractivity contribution in [2.45, 2.75) is 34.2 Å². The van der Waals surface area contributed by atoms with E-state index >= 15 is 0 Å². The summed E-state index contributed by atoms with van der Waals surface area (Å²) in [6.07, 6.45) is 0. The standard InChI is InChI=1S/C19H21N3O/c1-12-5-7-16(8-6-12)21-19(23)11-22-15(4)20-17-9-13(2)14(3)10-18(17)22/h5-10H,11H2,1-4H3,(H,21,23). The van der Waals surface area contributed by atoms with Gasteiger partial charge < -0.3 is 9.88 Å². The van der Waals surface area contributed by atoms with Gasteiger partial charge in [0, 0.05) is 5.69 Å². The quantitative estimate of drug-likeness (QED) is 0.797. The fraction of sp³-hybridized carbons (Fsp3) is 0.263. The predicted octanol–water partition coefficient (Wildman–Crippen LogP) is 3.91. The maximum Gasteiger partial charge on any atom is 0.244 e. The highest BCUT2D eigenvalue weighted by molar-refractivity contribution is 5.91. The Labute approximate surface area is 136 Å². The van der Waals surface area contributed by atoms with Crippen LogP contribution in [0.5, 0.6) is 0 Å². The molecule has 23 heavy (non-hydrogen) atoms. The molecule has 1 amide bonds. The summed E-state index contributed by atoms with van der Waals surface area (Å²) in [7, 11) is 0. The van der Waals surface area contributed by atoms with Crippen molar-refractivity contribution in [3.8, 4) is 0 Å². The van der Waals surface area contributed by atoms with Crippen LogP contribution in [0, 0.1) is 27.7 Å². The number of carbonyl (C=O) groups excluding carboxylic acids is 1. The van der Waals surface area contributed by atoms with Crippen molar-refractivity contribution < 1.29 is 4.79 Å². The van der Waals surface area contributed by atoms with Crippen LogP contribution in [0.2, 0.25) is 0 Å². The van der Waals surface area contributed by atoms with Crippen molar-refractivity contribution >= 4 is 22.6 Å². The number of fused-ring (bicyclic) bond motifs is 1. The number of carbonyl (C=O) groups is 1. The van der Waals surface area contributed by atoms with Gasteiger partial charge in [-0.2, -0.15) is 0 Å². The molecule has 1 N–H and O–H groups in total. The van der Waals surface area contributed by atoms with Gasteiger partial charge in [-0.05, 0) is 63.1 Å². The lowest BCUT2D eigenvalue weighted by atomic mass is 10.1.